The Hall–Kier alpha value is -0.116. The van der Waals surface area contributed by atoms with Crippen LogP contribution in [0.3, 0.4) is 0 Å². The van der Waals surface area contributed by atoms with Crippen LogP contribution >= 0.6 is 0 Å². The molecule has 0 aliphatic rings. The summed E-state index contributed by atoms with van der Waals surface area (Å²) in [7, 11) is 0. The Morgan fingerprint density at radius 3 is 2.25 bits per heavy atom. The summed E-state index contributed by atoms with van der Waals surface area (Å²) in [5.74, 6) is 0.00262. The summed E-state index contributed by atoms with van der Waals surface area (Å²) in [5, 5.41) is 0. The van der Waals surface area contributed by atoms with Gasteiger partial charge in [-0.2, -0.15) is 0 Å². The van der Waals surface area contributed by atoms with E-state index in [1.54, 1.807) is 0 Å². The van der Waals surface area contributed by atoms with Crippen LogP contribution in [0, 0.1) is 5.92 Å². The molecule has 0 aliphatic carbocycles. The zero-order chi connectivity index (χ0) is 9.56. The summed E-state index contributed by atoms with van der Waals surface area (Å²) < 4.78 is 10.9. The van der Waals surface area contributed by atoms with Gasteiger partial charge in [0.1, 0.15) is 0 Å². The van der Waals surface area contributed by atoms with Gasteiger partial charge in [0.15, 0.2) is 0 Å². The second kappa shape index (κ2) is 6.41. The molecule has 0 aliphatic heterocycles. The normalized spacial score (nSPS) is 12.2. The molecule has 0 aromatic heterocycles. The molecule has 4 heteroatoms. The third-order valence-electron chi connectivity index (χ3n) is 1.15. The minimum atomic E-state index is -0.241. The van der Waals surface area contributed by atoms with Crippen molar-refractivity contribution in [1.82, 2.24) is 0 Å². The van der Waals surface area contributed by atoms with Gasteiger partial charge in [-0.3, -0.25) is 0 Å². The molecule has 0 fully saturated rings. The van der Waals surface area contributed by atoms with E-state index < -0.39 is 0 Å². The maximum atomic E-state index is 10.4. The molecule has 0 aromatic rings. The van der Waals surface area contributed by atoms with Crippen LogP contribution in [0.15, 0.2) is 0 Å². The van der Waals surface area contributed by atoms with Crippen molar-refractivity contribution < 1.29 is 31.2 Å². The van der Waals surface area contributed by atoms with Crippen LogP contribution in [0.4, 0.5) is 0 Å². The van der Waals surface area contributed by atoms with E-state index in [0.29, 0.717) is 13.2 Å². The van der Waals surface area contributed by atoms with E-state index in [1.165, 1.54) is 6.92 Å². The predicted molar refractivity (Wildman–Crippen MR) is 42.4 cm³/mol. The molecule has 0 saturated carbocycles. The fourth-order valence-electron chi connectivity index (χ4n) is 0.571. The van der Waals surface area contributed by atoms with Gasteiger partial charge < -0.3 is 0 Å². The third kappa shape index (κ3) is 7.99. The first-order valence-electron chi connectivity index (χ1n) is 3.81. The molecular weight excluding hydrogens is 195 g/mol. The molecule has 3 nitrogen and oxygen atoms in total. The molecule has 1 atom stereocenters. The van der Waals surface area contributed by atoms with Crippen LogP contribution < -0.4 is 0 Å². The van der Waals surface area contributed by atoms with Gasteiger partial charge >= 0.3 is 81.5 Å². The zero-order valence-electron chi connectivity index (χ0n) is 7.66. The van der Waals surface area contributed by atoms with Crippen molar-refractivity contribution >= 4 is 10.4 Å². The summed E-state index contributed by atoms with van der Waals surface area (Å²) in [6.45, 7) is 6.27. The molecule has 0 aromatic carbocycles. The molecule has 69 valence electrons. The second-order valence-electron chi connectivity index (χ2n) is 2.74. The Labute approximate surface area is 81.9 Å². The van der Waals surface area contributed by atoms with Gasteiger partial charge in [-0.1, -0.05) is 0 Å². The van der Waals surface area contributed by atoms with Gasteiger partial charge in [0.2, 0.25) is 0 Å². The fourth-order valence-corrected chi connectivity index (χ4v) is 0.687. The maximum absolute atomic E-state index is 10.4. The van der Waals surface area contributed by atoms with Gasteiger partial charge in [-0.25, -0.2) is 0 Å². The van der Waals surface area contributed by atoms with Gasteiger partial charge in [-0.05, 0) is 0 Å². The first kappa shape index (κ1) is 11.9. The summed E-state index contributed by atoms with van der Waals surface area (Å²) in [6.07, 6.45) is 0. The molecule has 0 radical (unpaired) electrons. The van der Waals surface area contributed by atoms with Crippen LogP contribution in [0.25, 0.3) is 0 Å². The van der Waals surface area contributed by atoms with Crippen molar-refractivity contribution in [2.45, 2.75) is 20.8 Å². The Bertz CT molecular complexity index is 150. The van der Waals surface area contributed by atoms with E-state index in [-0.39, 0.29) is 11.9 Å². The van der Waals surface area contributed by atoms with Crippen LogP contribution in [-0.2, 0) is 31.2 Å². The van der Waals surface area contributed by atoms with Crippen molar-refractivity contribution in [2.24, 2.45) is 5.92 Å². The fraction of sp³-hybridized carbons (Fsp3) is 0.750. The van der Waals surface area contributed by atoms with Crippen molar-refractivity contribution in [3.05, 3.63) is 0 Å². The summed E-state index contributed by atoms with van der Waals surface area (Å²) in [4.78, 5) is 10.4. The van der Waals surface area contributed by atoms with Crippen molar-refractivity contribution in [3.63, 3.8) is 0 Å². The molecule has 12 heavy (non-hydrogen) atoms. The quantitative estimate of drug-likeness (QED) is 0.631. The van der Waals surface area contributed by atoms with Gasteiger partial charge in [0, 0.05) is 0 Å². The molecule has 0 N–H and O–H groups in total. The van der Waals surface area contributed by atoms with E-state index in [2.05, 4.69) is 17.0 Å². The van der Waals surface area contributed by atoms with Crippen LogP contribution in [0.2, 0.25) is 0 Å². The average Bonchev–Trinajstić information content (AvgIpc) is 1.96. The average molecular weight is 209 g/mol. The van der Waals surface area contributed by atoms with E-state index in [9.17, 15) is 4.79 Å². The SMILES string of the molecule is CC(=O)OCC(C)CO[C](C)=[V]. The van der Waals surface area contributed by atoms with Crippen LogP contribution in [0.5, 0.6) is 0 Å². The molecule has 0 bridgehead atoms. The molecule has 0 spiro atoms. The Morgan fingerprint density at radius 1 is 1.33 bits per heavy atom. The number of carbonyl (C=O) groups is 1. The van der Waals surface area contributed by atoms with E-state index >= 15 is 0 Å². The number of carbonyl (C=O) groups excluding carboxylic acids is 1. The zero-order valence-corrected chi connectivity index (χ0v) is 9.06. The number of rotatable bonds is 5. The minimum absolute atomic E-state index is 0.241. The Morgan fingerprint density at radius 2 is 1.83 bits per heavy atom. The third-order valence-corrected chi connectivity index (χ3v) is 1.35. The van der Waals surface area contributed by atoms with Crippen LogP contribution in [-0.4, -0.2) is 23.6 Å². The topological polar surface area (TPSA) is 35.5 Å². The molecular formula is C8H14O3V. The summed E-state index contributed by atoms with van der Waals surface area (Å²) >= 11 is 2.32. The number of ether oxygens (including phenoxy) is 2. The van der Waals surface area contributed by atoms with E-state index in [0.717, 1.165) is 4.41 Å². The number of hydrogen-bond acceptors (Lipinski definition) is 3. The molecule has 0 saturated heterocycles. The molecule has 0 amide bonds. The first-order chi connectivity index (χ1) is 5.52. The number of esters is 1. The van der Waals surface area contributed by atoms with Crippen molar-refractivity contribution in [3.8, 4) is 0 Å². The van der Waals surface area contributed by atoms with E-state index in [4.69, 9.17) is 9.47 Å². The van der Waals surface area contributed by atoms with E-state index in [1.807, 2.05) is 13.8 Å². The Balaban J connectivity index is 3.39. The van der Waals surface area contributed by atoms with Crippen molar-refractivity contribution in [1.29, 1.82) is 0 Å². The van der Waals surface area contributed by atoms with Crippen molar-refractivity contribution in [2.75, 3.05) is 13.2 Å². The van der Waals surface area contributed by atoms with Gasteiger partial charge in [0.25, 0.3) is 0 Å². The standard InChI is InChI=1S/C8H14O3.V/c1-4-10-5-7(2)6-11-8(3)9;/h7H,5-6H2,1-3H3;. The predicted octanol–water partition coefficient (Wildman–Crippen LogP) is 0.899. The van der Waals surface area contributed by atoms with Gasteiger partial charge in [0.05, 0.1) is 0 Å². The molecule has 0 heterocycles. The summed E-state index contributed by atoms with van der Waals surface area (Å²) in [5.41, 5.74) is 0. The number of hydrogen-bond donors (Lipinski definition) is 0. The monoisotopic (exact) mass is 209 g/mol. The molecule has 1 unspecified atom stereocenters. The molecule has 0 rings (SSSR count). The summed E-state index contributed by atoms with van der Waals surface area (Å²) in [6, 6.07) is 0. The second-order valence-corrected chi connectivity index (χ2v) is 3.72. The van der Waals surface area contributed by atoms with Gasteiger partial charge in [-0.15, -0.1) is 0 Å². The Kier molecular flexibility index (Phi) is 6.34. The van der Waals surface area contributed by atoms with Crippen LogP contribution in [0.1, 0.15) is 20.8 Å². The first-order valence-corrected chi connectivity index (χ1v) is 4.51.